The van der Waals surface area contributed by atoms with Crippen molar-refractivity contribution < 1.29 is 0 Å². The van der Waals surface area contributed by atoms with E-state index in [1.807, 2.05) is 37.9 Å². The molecule has 1 aromatic rings. The lowest BCUT2D eigenvalue weighted by molar-refractivity contribution is 1.48. The zero-order valence-corrected chi connectivity index (χ0v) is 9.35. The zero-order chi connectivity index (χ0) is 9.11. The van der Waals surface area contributed by atoms with Crippen LogP contribution in [0.2, 0.25) is 0 Å². The van der Waals surface area contributed by atoms with Crippen LogP contribution in [0.3, 0.4) is 0 Å². The highest BCUT2D eigenvalue weighted by Gasteiger charge is 1.72. The van der Waals surface area contributed by atoms with E-state index in [1.165, 1.54) is 5.56 Å². The molecule has 11 heavy (non-hydrogen) atoms. The minimum absolute atomic E-state index is 1.32. The molecule has 0 spiro atoms. The molecule has 0 radical (unpaired) electrons. The van der Waals surface area contributed by atoms with Gasteiger partial charge in [0.25, 0.3) is 0 Å². The van der Waals surface area contributed by atoms with Crippen molar-refractivity contribution in [3.8, 4) is 0 Å². The third-order valence-corrected chi connectivity index (χ3v) is 0.940. The van der Waals surface area contributed by atoms with E-state index in [9.17, 15) is 0 Å². The number of aryl methyl sites for hydroxylation is 1. The number of hydrogen-bond donors (Lipinski definition) is 0. The minimum Gasteiger partial charge on any atom is -0.0966 e. The molecule has 0 heterocycles. The van der Waals surface area contributed by atoms with Crippen molar-refractivity contribution in [3.05, 3.63) is 35.9 Å². The van der Waals surface area contributed by atoms with Crippen molar-refractivity contribution in [2.45, 2.75) is 20.8 Å². The summed E-state index contributed by atoms with van der Waals surface area (Å²) in [6, 6.07) is 10.3. The van der Waals surface area contributed by atoms with E-state index in [0.717, 1.165) is 0 Å². The second-order valence-corrected chi connectivity index (χ2v) is 1.65. The molecule has 0 N–H and O–H groups in total. The molecule has 1 heteroatoms. The second-order valence-electron chi connectivity index (χ2n) is 1.65. The summed E-state index contributed by atoms with van der Waals surface area (Å²) in [5, 5.41) is 0. The van der Waals surface area contributed by atoms with Gasteiger partial charge < -0.3 is 0 Å². The van der Waals surface area contributed by atoms with Crippen molar-refractivity contribution in [1.29, 1.82) is 0 Å². The summed E-state index contributed by atoms with van der Waals surface area (Å²) in [4.78, 5) is 0. The van der Waals surface area contributed by atoms with Crippen LogP contribution in [-0.4, -0.2) is 5.83 Å². The molecule has 0 amide bonds. The Bertz CT molecular complexity index is 135. The van der Waals surface area contributed by atoms with Crippen LogP contribution in [0.25, 0.3) is 0 Å². The summed E-state index contributed by atoms with van der Waals surface area (Å²) in [6.07, 6.45) is 0. The van der Waals surface area contributed by atoms with Gasteiger partial charge in [-0.2, -0.15) is 0 Å². The van der Waals surface area contributed by atoms with Gasteiger partial charge in [-0.3, -0.25) is 0 Å². The van der Waals surface area contributed by atoms with Gasteiger partial charge in [-0.15, -0.1) is 0 Å². The lowest BCUT2D eigenvalue weighted by Gasteiger charge is -1.82. The van der Waals surface area contributed by atoms with Gasteiger partial charge >= 0.3 is 0 Å². The first-order chi connectivity index (χ1) is 5.39. The van der Waals surface area contributed by atoms with Gasteiger partial charge in [-0.25, -0.2) is 0 Å². The van der Waals surface area contributed by atoms with Crippen LogP contribution < -0.4 is 0 Å². The van der Waals surface area contributed by atoms with Gasteiger partial charge in [0.05, 0.1) is 0 Å². The fourth-order valence-electron chi connectivity index (χ4n) is 0.534. The van der Waals surface area contributed by atoms with Gasteiger partial charge in [0.1, 0.15) is 0 Å². The molecule has 0 saturated heterocycles. The Morgan fingerprint density at radius 3 is 1.45 bits per heavy atom. The largest absolute Gasteiger partial charge is 0.0966 e. The molecule has 0 aliphatic rings. The van der Waals surface area contributed by atoms with E-state index in [4.69, 9.17) is 0 Å². The van der Waals surface area contributed by atoms with Crippen LogP contribution in [0.15, 0.2) is 30.3 Å². The summed E-state index contributed by atoms with van der Waals surface area (Å²) in [6.45, 7) is 6.08. The third kappa shape index (κ3) is 9.70. The average Bonchev–Trinajstić information content (AvgIpc) is 2.13. The summed E-state index contributed by atoms with van der Waals surface area (Å²) in [5.74, 6) is 1.81. The maximum absolute atomic E-state index is 2.94. The van der Waals surface area contributed by atoms with Crippen molar-refractivity contribution in [2.24, 2.45) is 0 Å². The van der Waals surface area contributed by atoms with Crippen LogP contribution in [-0.2, 0) is 0 Å². The quantitative estimate of drug-likeness (QED) is 0.575. The number of hydrogen-bond acceptors (Lipinski definition) is 0. The molecule has 0 nitrogen and oxygen atoms in total. The molecule has 1 rings (SSSR count). The van der Waals surface area contributed by atoms with Crippen molar-refractivity contribution in [2.75, 3.05) is 5.83 Å². The van der Waals surface area contributed by atoms with Gasteiger partial charge in [0.2, 0.25) is 0 Å². The Morgan fingerprint density at radius 1 is 0.909 bits per heavy atom. The van der Waals surface area contributed by atoms with E-state index in [2.05, 4.69) is 35.0 Å². The predicted molar refractivity (Wildman–Crippen MR) is 57.4 cm³/mol. The first-order valence-electron chi connectivity index (χ1n) is 3.79. The van der Waals surface area contributed by atoms with Crippen molar-refractivity contribution >= 4 is 15.9 Å². The molecular weight excluding hydrogens is 200 g/mol. The zero-order valence-electron chi connectivity index (χ0n) is 7.76. The minimum atomic E-state index is 1.32. The molecule has 64 valence electrons. The summed E-state index contributed by atoms with van der Waals surface area (Å²) in [7, 11) is 0. The van der Waals surface area contributed by atoms with E-state index >= 15 is 0 Å². The normalized spacial score (nSPS) is 6.64. The van der Waals surface area contributed by atoms with Crippen LogP contribution in [0.5, 0.6) is 0 Å². The van der Waals surface area contributed by atoms with E-state index in [1.54, 1.807) is 0 Å². The topological polar surface area (TPSA) is 0 Å². The first kappa shape index (κ1) is 13.3. The Hall–Kier alpha value is -0.300. The standard InChI is InChI=1S/C7H8.C2H6.CH3Br/c1-7-5-3-2-4-6-7;2*1-2/h2-6H,1H3;1-2H3;1H3. The van der Waals surface area contributed by atoms with Crippen LogP contribution >= 0.6 is 15.9 Å². The Kier molecular flexibility index (Phi) is 15.0. The Labute approximate surface area is 78.8 Å². The molecule has 0 aliphatic heterocycles. The highest BCUT2D eigenvalue weighted by Crippen LogP contribution is 1.92. The average molecular weight is 217 g/mol. The maximum Gasteiger partial charge on any atom is -0.00848 e. The summed E-state index contributed by atoms with van der Waals surface area (Å²) in [5.41, 5.74) is 1.32. The van der Waals surface area contributed by atoms with Gasteiger partial charge in [-0.05, 0) is 12.8 Å². The highest BCUT2D eigenvalue weighted by molar-refractivity contribution is 9.08. The first-order valence-corrected chi connectivity index (χ1v) is 5.37. The van der Waals surface area contributed by atoms with Crippen LogP contribution in [0.4, 0.5) is 0 Å². The van der Waals surface area contributed by atoms with Gasteiger partial charge in [0.15, 0.2) is 0 Å². The predicted octanol–water partition coefficient (Wildman–Crippen LogP) is 4.03. The summed E-state index contributed by atoms with van der Waals surface area (Å²) < 4.78 is 0. The summed E-state index contributed by atoms with van der Waals surface area (Å²) >= 11 is 2.94. The number of rotatable bonds is 0. The Morgan fingerprint density at radius 2 is 1.27 bits per heavy atom. The molecule has 0 aromatic heterocycles. The van der Waals surface area contributed by atoms with E-state index in [-0.39, 0.29) is 0 Å². The van der Waals surface area contributed by atoms with Gasteiger partial charge in [0, 0.05) is 0 Å². The molecule has 0 unspecified atom stereocenters. The van der Waals surface area contributed by atoms with E-state index in [0.29, 0.717) is 0 Å². The molecule has 0 saturated carbocycles. The van der Waals surface area contributed by atoms with Gasteiger partial charge in [-0.1, -0.05) is 65.7 Å². The monoisotopic (exact) mass is 216 g/mol. The van der Waals surface area contributed by atoms with E-state index < -0.39 is 0 Å². The molecular formula is C10H17Br. The fraction of sp³-hybridized carbons (Fsp3) is 0.400. The van der Waals surface area contributed by atoms with Crippen LogP contribution in [0.1, 0.15) is 19.4 Å². The number of alkyl halides is 1. The van der Waals surface area contributed by atoms with Crippen LogP contribution in [0, 0.1) is 6.92 Å². The fourth-order valence-corrected chi connectivity index (χ4v) is 0.534. The lowest BCUT2D eigenvalue weighted by Crippen LogP contribution is -1.62. The molecule has 0 aliphatic carbocycles. The molecule has 0 fully saturated rings. The van der Waals surface area contributed by atoms with Crippen molar-refractivity contribution in [1.82, 2.24) is 0 Å². The van der Waals surface area contributed by atoms with Crippen molar-refractivity contribution in [3.63, 3.8) is 0 Å². The third-order valence-electron chi connectivity index (χ3n) is 0.940. The molecule has 0 atom stereocenters. The smallest absolute Gasteiger partial charge is 0.00848 e. The SMILES string of the molecule is CBr.CC.Cc1ccccc1. The highest BCUT2D eigenvalue weighted by atomic mass is 79.9. The lowest BCUT2D eigenvalue weighted by atomic mass is 10.2. The Balaban J connectivity index is 0. The maximum atomic E-state index is 2.94. The molecule has 1 aromatic carbocycles. The molecule has 0 bridgehead atoms. The number of benzene rings is 1. The number of halogens is 1. The second kappa shape index (κ2) is 12.4.